The van der Waals surface area contributed by atoms with E-state index in [9.17, 15) is 23.6 Å². The summed E-state index contributed by atoms with van der Waals surface area (Å²) in [6.07, 6.45) is 11.5. The lowest BCUT2D eigenvalue weighted by Crippen LogP contribution is -2.15. The standard InChI is InChI=1S/C31H34N2O3.C31H36N2O2.C30H33FN2O.C29H32N2O2/c1-21-22(2)33(15-5-14-32(3)4)28-12-8-24(17-27(21)28)16-23-6-10-26(11-7-23)29(34)18-25-9-13-30-31(19-25)36-20-35-30;1-22-23(2)33(18-6-17-32(3)4)30-16-11-26(20-29(22)30)19-24-7-12-27(13-8-24)31(34)21-25-9-14-28(35-5)15-10-25;1-21-22(2)33(17-5-16-32(3)4)29-15-10-25(19-28(21)29)18-23-6-11-26(12-7-23)30(34)20-24-8-13-27(31)14-9-24;1-30(2)15-5-16-31-17-14-26-19-24(10-13-28(26)31)18-22-8-11-25(12-9-22)29(32)21-23-6-4-7-27(20-23)33-3/h6-13,17,19H,5,14-16,18,20H2,1-4H3;7-16,20H,6,17-19,21H2,1-5H3;6-15,19H,5,16-18,20H2,1-4H3;4,6-14,17,19-20H,5,15-16,18,21H2,1-3H3. The number of benzene rings is 12. The van der Waals surface area contributed by atoms with Gasteiger partial charge in [-0.25, -0.2) is 4.39 Å². The van der Waals surface area contributed by atoms with E-state index in [1.54, 1.807) is 26.4 Å². The van der Waals surface area contributed by atoms with Crippen molar-refractivity contribution in [1.29, 1.82) is 0 Å². The zero-order chi connectivity index (χ0) is 97.6. The van der Waals surface area contributed by atoms with Crippen LogP contribution in [-0.4, -0.2) is 165 Å². The van der Waals surface area contributed by atoms with Crippen molar-refractivity contribution in [1.82, 2.24) is 37.9 Å². The lowest BCUT2D eigenvalue weighted by molar-refractivity contribution is 0.0984. The summed E-state index contributed by atoms with van der Waals surface area (Å²) >= 11 is 0. The van der Waals surface area contributed by atoms with Gasteiger partial charge in [-0.3, -0.25) is 19.2 Å². The van der Waals surface area contributed by atoms with Crippen LogP contribution in [0.2, 0.25) is 0 Å². The molecule has 714 valence electrons. The lowest BCUT2D eigenvalue weighted by Gasteiger charge is -2.12. The quantitative estimate of drug-likeness (QED) is 0.0341. The highest BCUT2D eigenvalue weighted by molar-refractivity contribution is 6.00. The van der Waals surface area contributed by atoms with Crippen LogP contribution in [-0.2, 0) is 77.5 Å². The monoisotopic (exact) mass is 1850 g/mol. The van der Waals surface area contributed by atoms with Gasteiger partial charge in [0, 0.05) is 136 Å². The van der Waals surface area contributed by atoms with Gasteiger partial charge < -0.3 is 56.8 Å². The highest BCUT2D eigenvalue weighted by atomic mass is 19.1. The molecule has 16 aromatic rings. The second kappa shape index (κ2) is 47.5. The van der Waals surface area contributed by atoms with Gasteiger partial charge in [0.2, 0.25) is 6.79 Å². The van der Waals surface area contributed by atoms with E-state index >= 15 is 0 Å². The van der Waals surface area contributed by atoms with Crippen LogP contribution in [0.3, 0.4) is 0 Å². The number of halogens is 1. The molecular weight excluding hydrogens is 1710 g/mol. The number of Topliss-reactive ketones (excluding diaryl/α,β-unsaturated/α-hetero) is 4. The number of rotatable bonds is 38. The molecular formula is C121H135FN8O8. The zero-order valence-electron chi connectivity index (χ0n) is 83.6. The number of carbonyl (C=O) groups excluding carboxylic acids is 4. The van der Waals surface area contributed by atoms with Gasteiger partial charge in [-0.1, -0.05) is 164 Å². The summed E-state index contributed by atoms with van der Waals surface area (Å²) in [6, 6.07) is 88.5. The Morgan fingerprint density at radius 2 is 0.630 bits per heavy atom. The third-order valence-electron chi connectivity index (χ3n) is 26.7. The van der Waals surface area contributed by atoms with Crippen molar-refractivity contribution in [2.75, 3.05) is 104 Å². The summed E-state index contributed by atoms with van der Waals surface area (Å²) in [5.41, 5.74) is 29.9. The van der Waals surface area contributed by atoms with Crippen LogP contribution in [0, 0.1) is 47.4 Å². The third kappa shape index (κ3) is 26.6. The van der Waals surface area contributed by atoms with Crippen molar-refractivity contribution < 1.29 is 42.5 Å². The van der Waals surface area contributed by atoms with E-state index in [2.05, 4.69) is 257 Å². The maximum absolute atomic E-state index is 13.1. The Morgan fingerprint density at radius 3 is 1.01 bits per heavy atom. The highest BCUT2D eigenvalue weighted by Gasteiger charge is 2.21. The molecule has 1 aliphatic rings. The molecule has 0 saturated carbocycles. The number of ether oxygens (including phenoxy) is 4. The van der Waals surface area contributed by atoms with E-state index < -0.39 is 0 Å². The first-order chi connectivity index (χ1) is 66.6. The number of nitrogens with zero attached hydrogens (tertiary/aromatic N) is 8. The van der Waals surface area contributed by atoms with Gasteiger partial charge >= 0.3 is 0 Å². The van der Waals surface area contributed by atoms with E-state index in [4.69, 9.17) is 18.9 Å². The van der Waals surface area contributed by atoms with Crippen LogP contribution in [0.5, 0.6) is 23.0 Å². The minimum Gasteiger partial charge on any atom is -0.497 e. The normalized spacial score (nSPS) is 11.7. The molecule has 0 spiro atoms. The molecule has 0 amide bonds. The Balaban J connectivity index is 0.000000147. The topological polar surface area (TPSA) is 138 Å². The molecule has 0 unspecified atom stereocenters. The van der Waals surface area contributed by atoms with Crippen LogP contribution in [0.4, 0.5) is 4.39 Å². The molecule has 0 saturated heterocycles. The summed E-state index contributed by atoms with van der Waals surface area (Å²) in [7, 11) is 20.2. The van der Waals surface area contributed by atoms with E-state index in [0.29, 0.717) is 30.6 Å². The number of hydrogen-bond acceptors (Lipinski definition) is 12. The van der Waals surface area contributed by atoms with E-state index in [-0.39, 0.29) is 42.2 Å². The van der Waals surface area contributed by atoms with Crippen molar-refractivity contribution in [3.63, 3.8) is 0 Å². The molecule has 16 nitrogen and oxygen atoms in total. The van der Waals surface area contributed by atoms with Crippen LogP contribution >= 0.6 is 0 Å². The van der Waals surface area contributed by atoms with Gasteiger partial charge in [0.1, 0.15) is 17.3 Å². The summed E-state index contributed by atoms with van der Waals surface area (Å²) in [5, 5.41) is 5.29. The van der Waals surface area contributed by atoms with Crippen molar-refractivity contribution in [2.24, 2.45) is 0 Å². The molecule has 138 heavy (non-hydrogen) atoms. The minimum atomic E-state index is -0.287. The Morgan fingerprint density at radius 1 is 0.312 bits per heavy atom. The number of ketones is 4. The number of methoxy groups -OCH3 is 2. The largest absolute Gasteiger partial charge is 0.497 e. The first-order valence-electron chi connectivity index (χ1n) is 48.4. The van der Waals surface area contributed by atoms with Crippen molar-refractivity contribution in [3.8, 4) is 23.0 Å². The van der Waals surface area contributed by atoms with Gasteiger partial charge in [0.05, 0.1) is 14.2 Å². The number of fused-ring (bicyclic) bond motifs is 5. The molecule has 0 fully saturated rings. The minimum absolute atomic E-state index is 0.0429. The molecule has 17 rings (SSSR count). The Hall–Kier alpha value is -13.6. The Labute approximate surface area is 815 Å². The van der Waals surface area contributed by atoms with E-state index in [1.165, 1.54) is 134 Å². The maximum atomic E-state index is 13.1. The first kappa shape index (κ1) is 100. The average molecular weight is 1850 g/mol. The molecule has 0 radical (unpaired) electrons. The molecule has 0 N–H and O–H groups in total. The van der Waals surface area contributed by atoms with Crippen molar-refractivity contribution in [3.05, 3.63) is 402 Å². The number of aromatic nitrogens is 4. The SMILES string of the molecule is COc1ccc(CC(=O)c2ccc(Cc3ccc4c(c3)c(C)c(C)n4CCCN(C)C)cc2)cc1.COc1cccc(CC(=O)c2ccc(Cc3ccc4c(ccn4CCCN(C)C)c3)cc2)c1.Cc1c(C)n(CCCN(C)C)c2ccc(Cc3ccc(C(=O)Cc4ccc(F)cc4)cc3)cc12.Cc1c(C)n(CCCN(C)C)c2ccc(Cc3ccc(C(=O)Cc4ccc5c(c4)OCO5)cc3)cc12. The molecule has 17 heteroatoms. The van der Waals surface area contributed by atoms with E-state index in [1.807, 2.05) is 127 Å². The Kier molecular flexibility index (Phi) is 34.5. The zero-order valence-corrected chi connectivity index (χ0v) is 83.6. The number of hydrogen-bond donors (Lipinski definition) is 0. The highest BCUT2D eigenvalue weighted by Crippen LogP contribution is 2.36. The van der Waals surface area contributed by atoms with Gasteiger partial charge in [0.15, 0.2) is 34.6 Å². The van der Waals surface area contributed by atoms with Crippen molar-refractivity contribution in [2.45, 2.75) is 145 Å². The fourth-order valence-corrected chi connectivity index (χ4v) is 18.5. The molecule has 12 aromatic carbocycles. The maximum Gasteiger partial charge on any atom is 0.231 e. The van der Waals surface area contributed by atoms with Gasteiger partial charge in [-0.05, 0) is 367 Å². The summed E-state index contributed by atoms with van der Waals surface area (Å²) in [5.74, 6) is 3.12. The molecule has 1 aliphatic heterocycles. The Bertz CT molecular complexity index is 6860. The van der Waals surface area contributed by atoms with Crippen LogP contribution in [0.25, 0.3) is 43.6 Å². The van der Waals surface area contributed by atoms with Gasteiger partial charge in [-0.15, -0.1) is 0 Å². The average Bonchev–Trinajstić information content (AvgIpc) is 1.64. The lowest BCUT2D eigenvalue weighted by atomic mass is 9.98. The van der Waals surface area contributed by atoms with Gasteiger partial charge in [0.25, 0.3) is 0 Å². The number of carbonyl (C=O) groups is 4. The predicted octanol–water partition coefficient (Wildman–Crippen LogP) is 24.2. The second-order valence-corrected chi connectivity index (χ2v) is 38.1. The van der Waals surface area contributed by atoms with Crippen LogP contribution in [0.1, 0.15) is 168 Å². The summed E-state index contributed by atoms with van der Waals surface area (Å²) in [6.45, 7) is 22.1. The summed E-state index contributed by atoms with van der Waals surface area (Å²) < 4.78 is 44.0. The smallest absolute Gasteiger partial charge is 0.231 e. The molecule has 4 aromatic heterocycles. The second-order valence-electron chi connectivity index (χ2n) is 38.1. The van der Waals surface area contributed by atoms with Gasteiger partial charge in [-0.2, -0.15) is 0 Å². The summed E-state index contributed by atoms with van der Waals surface area (Å²) in [4.78, 5) is 59.8. The number of aryl methyl sites for hydroxylation is 7. The fourth-order valence-electron chi connectivity index (χ4n) is 18.5. The molecule has 5 heterocycles. The van der Waals surface area contributed by atoms with Crippen LogP contribution < -0.4 is 18.9 Å². The van der Waals surface area contributed by atoms with Crippen molar-refractivity contribution >= 4 is 66.7 Å². The molecule has 0 aliphatic carbocycles. The van der Waals surface area contributed by atoms with Crippen LogP contribution in [0.15, 0.2) is 273 Å². The molecule has 0 atom stereocenters. The first-order valence-corrected chi connectivity index (χ1v) is 48.4. The third-order valence-corrected chi connectivity index (χ3v) is 26.7. The predicted molar refractivity (Wildman–Crippen MR) is 563 cm³/mol. The van der Waals surface area contributed by atoms with E-state index in [0.717, 1.165) is 160 Å². The molecule has 0 bridgehead atoms. The fraction of sp³-hybridized carbons (Fsp3) is 0.306.